The molecule has 4 aromatic carbocycles. The van der Waals surface area contributed by atoms with Crippen molar-refractivity contribution in [3.8, 4) is 33.4 Å². The van der Waals surface area contributed by atoms with Crippen LogP contribution in [0.2, 0.25) is 0 Å². The standard InChI is InChI=1S/C27H24.3C2H6/c1-19-10-4-7-13-25(19)22-16-23(26-14-8-5-11-20(26)2)18-24(17-22)27-15-9-6-12-21(27)3;3*1-2/h4-18H,1-3H3;3*1-2H3. The van der Waals surface area contributed by atoms with E-state index in [9.17, 15) is 0 Å². The third-order valence-electron chi connectivity index (χ3n) is 5.30. The topological polar surface area (TPSA) is 0 Å². The van der Waals surface area contributed by atoms with Gasteiger partial charge in [-0.25, -0.2) is 0 Å². The zero-order valence-electron chi connectivity index (χ0n) is 22.2. The molecule has 4 aromatic rings. The van der Waals surface area contributed by atoms with Gasteiger partial charge in [0.05, 0.1) is 0 Å². The summed E-state index contributed by atoms with van der Waals surface area (Å²) in [4.78, 5) is 0. The van der Waals surface area contributed by atoms with Gasteiger partial charge in [0.2, 0.25) is 0 Å². The minimum atomic E-state index is 1.27. The van der Waals surface area contributed by atoms with Gasteiger partial charge < -0.3 is 0 Å². The van der Waals surface area contributed by atoms with Crippen LogP contribution in [0.5, 0.6) is 0 Å². The molecule has 0 unspecified atom stereocenters. The van der Waals surface area contributed by atoms with Crippen LogP contribution in [0.1, 0.15) is 58.2 Å². The first-order valence-corrected chi connectivity index (χ1v) is 12.5. The van der Waals surface area contributed by atoms with E-state index in [4.69, 9.17) is 0 Å². The van der Waals surface area contributed by atoms with E-state index in [1.165, 1.54) is 50.1 Å². The highest BCUT2D eigenvalue weighted by molar-refractivity contribution is 5.83. The number of hydrogen-bond donors (Lipinski definition) is 0. The molecule has 0 nitrogen and oxygen atoms in total. The van der Waals surface area contributed by atoms with Gasteiger partial charge in [-0.1, -0.05) is 114 Å². The van der Waals surface area contributed by atoms with E-state index >= 15 is 0 Å². The van der Waals surface area contributed by atoms with Crippen LogP contribution in [0.3, 0.4) is 0 Å². The molecule has 0 N–H and O–H groups in total. The average Bonchev–Trinajstić information content (AvgIpc) is 2.88. The molecule has 0 radical (unpaired) electrons. The van der Waals surface area contributed by atoms with E-state index in [1.807, 2.05) is 41.5 Å². The molecule has 0 fully saturated rings. The summed E-state index contributed by atoms with van der Waals surface area (Å²) in [7, 11) is 0. The Hall–Kier alpha value is -3.12. The fourth-order valence-electron chi connectivity index (χ4n) is 3.78. The van der Waals surface area contributed by atoms with Crippen LogP contribution < -0.4 is 0 Å². The minimum Gasteiger partial charge on any atom is -0.0683 e. The second-order valence-corrected chi connectivity index (χ2v) is 7.24. The molecule has 0 heterocycles. The molecule has 0 aliphatic rings. The van der Waals surface area contributed by atoms with Crippen LogP contribution in [0.25, 0.3) is 33.4 Å². The van der Waals surface area contributed by atoms with E-state index in [2.05, 4.69) is 112 Å². The van der Waals surface area contributed by atoms with Gasteiger partial charge in [-0.05, 0) is 89.0 Å². The predicted octanol–water partition coefficient (Wildman–Crippen LogP) is 10.7. The largest absolute Gasteiger partial charge is 0.0683 e. The zero-order valence-corrected chi connectivity index (χ0v) is 22.2. The summed E-state index contributed by atoms with van der Waals surface area (Å²) in [5.41, 5.74) is 11.6. The van der Waals surface area contributed by atoms with Gasteiger partial charge in [0.1, 0.15) is 0 Å². The number of benzene rings is 4. The highest BCUT2D eigenvalue weighted by Crippen LogP contribution is 2.35. The average molecular weight is 439 g/mol. The molecule has 0 saturated heterocycles. The summed E-state index contributed by atoms with van der Waals surface area (Å²) in [5.74, 6) is 0. The molecular weight excluding hydrogens is 396 g/mol. The Morgan fingerprint density at radius 3 is 0.758 bits per heavy atom. The molecule has 0 heteroatoms. The number of aryl methyl sites for hydroxylation is 3. The fourth-order valence-corrected chi connectivity index (χ4v) is 3.78. The monoisotopic (exact) mass is 438 g/mol. The van der Waals surface area contributed by atoms with E-state index in [0.717, 1.165) is 0 Å². The van der Waals surface area contributed by atoms with Gasteiger partial charge >= 0.3 is 0 Å². The summed E-state index contributed by atoms with van der Waals surface area (Å²) in [6.45, 7) is 18.6. The number of hydrogen-bond acceptors (Lipinski definition) is 0. The van der Waals surface area contributed by atoms with Crippen LogP contribution in [0.15, 0.2) is 91.0 Å². The second kappa shape index (κ2) is 14.9. The van der Waals surface area contributed by atoms with Crippen molar-refractivity contribution in [2.75, 3.05) is 0 Å². The van der Waals surface area contributed by atoms with E-state index in [0.29, 0.717) is 0 Å². The van der Waals surface area contributed by atoms with Gasteiger partial charge in [0, 0.05) is 0 Å². The van der Waals surface area contributed by atoms with Crippen LogP contribution in [0, 0.1) is 20.8 Å². The van der Waals surface area contributed by atoms with Crippen molar-refractivity contribution in [1.82, 2.24) is 0 Å². The maximum absolute atomic E-state index is 2.33. The summed E-state index contributed by atoms with van der Waals surface area (Å²) < 4.78 is 0. The first-order chi connectivity index (χ1) is 16.1. The van der Waals surface area contributed by atoms with E-state index in [1.54, 1.807) is 0 Å². The van der Waals surface area contributed by atoms with Crippen molar-refractivity contribution in [3.05, 3.63) is 108 Å². The molecule has 0 aliphatic carbocycles. The maximum atomic E-state index is 2.33. The Labute approximate surface area is 203 Å². The van der Waals surface area contributed by atoms with Gasteiger partial charge in [0.15, 0.2) is 0 Å². The predicted molar refractivity (Wildman–Crippen MR) is 151 cm³/mol. The van der Waals surface area contributed by atoms with Gasteiger partial charge in [-0.2, -0.15) is 0 Å². The molecule has 0 spiro atoms. The summed E-state index contributed by atoms with van der Waals surface area (Å²) in [6, 6.07) is 32.9. The summed E-state index contributed by atoms with van der Waals surface area (Å²) >= 11 is 0. The Bertz CT molecular complexity index is 948. The lowest BCUT2D eigenvalue weighted by Gasteiger charge is -2.15. The number of rotatable bonds is 3. The van der Waals surface area contributed by atoms with Crippen molar-refractivity contribution in [3.63, 3.8) is 0 Å². The van der Waals surface area contributed by atoms with Crippen LogP contribution in [-0.4, -0.2) is 0 Å². The minimum absolute atomic E-state index is 1.27. The third-order valence-corrected chi connectivity index (χ3v) is 5.30. The lowest BCUT2D eigenvalue weighted by Crippen LogP contribution is -1.90. The van der Waals surface area contributed by atoms with Gasteiger partial charge in [-0.15, -0.1) is 0 Å². The summed E-state index contributed by atoms with van der Waals surface area (Å²) in [6.07, 6.45) is 0. The molecule has 0 atom stereocenters. The summed E-state index contributed by atoms with van der Waals surface area (Å²) in [5, 5.41) is 0. The lowest BCUT2D eigenvalue weighted by molar-refractivity contribution is 1.42. The molecule has 0 aliphatic heterocycles. The van der Waals surface area contributed by atoms with E-state index in [-0.39, 0.29) is 0 Å². The molecule has 0 bridgehead atoms. The first-order valence-electron chi connectivity index (χ1n) is 12.5. The second-order valence-electron chi connectivity index (χ2n) is 7.24. The Balaban J connectivity index is 0.000000841. The fraction of sp³-hybridized carbons (Fsp3) is 0.273. The highest BCUT2D eigenvalue weighted by Gasteiger charge is 2.11. The van der Waals surface area contributed by atoms with Crippen molar-refractivity contribution in [1.29, 1.82) is 0 Å². The molecule has 0 saturated carbocycles. The quantitative estimate of drug-likeness (QED) is 0.298. The maximum Gasteiger partial charge on any atom is -0.0154 e. The van der Waals surface area contributed by atoms with Crippen LogP contribution in [-0.2, 0) is 0 Å². The zero-order chi connectivity index (χ0) is 24.8. The van der Waals surface area contributed by atoms with E-state index < -0.39 is 0 Å². The van der Waals surface area contributed by atoms with Crippen molar-refractivity contribution >= 4 is 0 Å². The normalized spacial score (nSPS) is 9.36. The third kappa shape index (κ3) is 7.19. The van der Waals surface area contributed by atoms with Crippen LogP contribution in [0.4, 0.5) is 0 Å². The van der Waals surface area contributed by atoms with Crippen LogP contribution >= 0.6 is 0 Å². The molecule has 0 aromatic heterocycles. The molecular formula is C33H42. The molecule has 174 valence electrons. The Morgan fingerprint density at radius 2 is 0.545 bits per heavy atom. The first kappa shape index (κ1) is 27.9. The molecule has 33 heavy (non-hydrogen) atoms. The smallest absolute Gasteiger partial charge is 0.0154 e. The van der Waals surface area contributed by atoms with Gasteiger partial charge in [0.25, 0.3) is 0 Å². The SMILES string of the molecule is CC.CC.CC.Cc1ccccc1-c1cc(-c2ccccc2C)cc(-c2ccccc2C)c1. The van der Waals surface area contributed by atoms with Gasteiger partial charge in [-0.3, -0.25) is 0 Å². The lowest BCUT2D eigenvalue weighted by atomic mass is 9.89. The molecule has 4 rings (SSSR count). The van der Waals surface area contributed by atoms with Crippen molar-refractivity contribution < 1.29 is 0 Å². The highest BCUT2D eigenvalue weighted by atomic mass is 14.1. The Kier molecular flexibility index (Phi) is 12.6. The van der Waals surface area contributed by atoms with Crippen molar-refractivity contribution in [2.45, 2.75) is 62.3 Å². The molecule has 0 amide bonds. The van der Waals surface area contributed by atoms with Crippen molar-refractivity contribution in [2.24, 2.45) is 0 Å². The Morgan fingerprint density at radius 1 is 0.333 bits per heavy atom.